The van der Waals surface area contributed by atoms with Gasteiger partial charge in [-0.25, -0.2) is 4.98 Å². The summed E-state index contributed by atoms with van der Waals surface area (Å²) in [5.74, 6) is 2.17. The maximum atomic E-state index is 5.90. The molecule has 0 saturated heterocycles. The van der Waals surface area contributed by atoms with Gasteiger partial charge in [-0.15, -0.1) is 0 Å². The van der Waals surface area contributed by atoms with Gasteiger partial charge in [0.1, 0.15) is 11.6 Å². The van der Waals surface area contributed by atoms with Gasteiger partial charge >= 0.3 is 0 Å². The van der Waals surface area contributed by atoms with Crippen LogP contribution in [0.2, 0.25) is 5.02 Å². The molecule has 134 valence electrons. The Balaban J connectivity index is 1.54. The molecule has 0 bridgehead atoms. The van der Waals surface area contributed by atoms with Gasteiger partial charge in [-0.1, -0.05) is 23.7 Å². The lowest BCUT2D eigenvalue weighted by Gasteiger charge is -2.09. The van der Waals surface area contributed by atoms with Crippen LogP contribution in [0, 0.1) is 0 Å². The number of nitrogens with one attached hydrogen (secondary N) is 2. The first-order valence-corrected chi connectivity index (χ1v) is 8.92. The molecule has 0 aliphatic carbocycles. The highest BCUT2D eigenvalue weighted by Crippen LogP contribution is 2.18. The second-order valence-corrected chi connectivity index (χ2v) is 6.09. The van der Waals surface area contributed by atoms with E-state index in [2.05, 4.69) is 20.6 Å². The van der Waals surface area contributed by atoms with Crippen molar-refractivity contribution < 1.29 is 4.74 Å². The quantitative estimate of drug-likeness (QED) is 0.590. The number of anilines is 3. The highest BCUT2D eigenvalue weighted by molar-refractivity contribution is 6.30. The summed E-state index contributed by atoms with van der Waals surface area (Å²) in [6.07, 6.45) is 2.62. The van der Waals surface area contributed by atoms with Gasteiger partial charge in [-0.05, 0) is 61.4 Å². The minimum absolute atomic E-state index is 0.547. The number of halogens is 1. The Labute approximate surface area is 158 Å². The highest BCUT2D eigenvalue weighted by atomic mass is 35.5. The predicted molar refractivity (Wildman–Crippen MR) is 107 cm³/mol. The van der Waals surface area contributed by atoms with Crippen LogP contribution >= 0.6 is 11.6 Å². The van der Waals surface area contributed by atoms with Gasteiger partial charge in [0.2, 0.25) is 5.95 Å². The van der Waals surface area contributed by atoms with Crippen molar-refractivity contribution in [1.82, 2.24) is 9.97 Å². The Bertz CT molecular complexity index is 822. The molecule has 5 nitrogen and oxygen atoms in total. The fourth-order valence-corrected chi connectivity index (χ4v) is 2.56. The van der Waals surface area contributed by atoms with Crippen LogP contribution in [0.15, 0.2) is 60.8 Å². The van der Waals surface area contributed by atoms with Crippen molar-refractivity contribution in [3.63, 3.8) is 0 Å². The molecule has 0 saturated carbocycles. The molecular weight excluding hydrogens is 348 g/mol. The van der Waals surface area contributed by atoms with Crippen molar-refractivity contribution in [3.8, 4) is 5.75 Å². The van der Waals surface area contributed by atoms with E-state index in [1.807, 2.05) is 61.5 Å². The van der Waals surface area contributed by atoms with E-state index in [0.717, 1.165) is 35.2 Å². The summed E-state index contributed by atoms with van der Waals surface area (Å²) < 4.78 is 5.44. The molecule has 1 heterocycles. The van der Waals surface area contributed by atoms with Crippen LogP contribution in [-0.4, -0.2) is 23.1 Å². The molecule has 2 N–H and O–H groups in total. The molecule has 6 heteroatoms. The summed E-state index contributed by atoms with van der Waals surface area (Å²) in [6.45, 7) is 3.40. The number of nitrogens with zero attached hydrogens (tertiary/aromatic N) is 2. The van der Waals surface area contributed by atoms with Crippen LogP contribution < -0.4 is 15.4 Å². The molecule has 0 spiro atoms. The highest BCUT2D eigenvalue weighted by Gasteiger charge is 2.01. The van der Waals surface area contributed by atoms with Gasteiger partial charge in [-0.3, -0.25) is 0 Å². The van der Waals surface area contributed by atoms with Gasteiger partial charge in [0, 0.05) is 23.5 Å². The second-order valence-electron chi connectivity index (χ2n) is 5.65. The SMILES string of the molecule is CCOc1ccc(Nc2nccc(NCCc3ccc(Cl)cc3)n2)cc1. The second kappa shape index (κ2) is 9.06. The summed E-state index contributed by atoms with van der Waals surface area (Å²) in [4.78, 5) is 8.75. The van der Waals surface area contributed by atoms with Crippen molar-refractivity contribution >= 4 is 29.1 Å². The topological polar surface area (TPSA) is 59.1 Å². The molecule has 0 radical (unpaired) electrons. The maximum absolute atomic E-state index is 5.90. The van der Waals surface area contributed by atoms with Crippen LogP contribution in [0.25, 0.3) is 0 Å². The number of aromatic nitrogens is 2. The van der Waals surface area contributed by atoms with E-state index >= 15 is 0 Å². The molecule has 0 fully saturated rings. The summed E-state index contributed by atoms with van der Waals surface area (Å²) in [5.41, 5.74) is 2.13. The average molecular weight is 369 g/mol. The van der Waals surface area contributed by atoms with Crippen molar-refractivity contribution in [2.75, 3.05) is 23.8 Å². The van der Waals surface area contributed by atoms with E-state index < -0.39 is 0 Å². The van der Waals surface area contributed by atoms with Gasteiger partial charge in [0.05, 0.1) is 6.61 Å². The standard InChI is InChI=1S/C20H21ClN4O/c1-2-26-18-9-7-17(8-10-18)24-20-23-14-12-19(25-20)22-13-11-15-3-5-16(21)6-4-15/h3-10,12,14H,2,11,13H2,1H3,(H2,22,23,24,25). The number of hydrogen-bond acceptors (Lipinski definition) is 5. The molecule has 2 aromatic carbocycles. The van der Waals surface area contributed by atoms with Crippen LogP contribution in [0.1, 0.15) is 12.5 Å². The van der Waals surface area contributed by atoms with E-state index in [0.29, 0.717) is 12.6 Å². The molecule has 3 rings (SSSR count). The smallest absolute Gasteiger partial charge is 0.229 e. The summed E-state index contributed by atoms with van der Waals surface area (Å²) >= 11 is 5.90. The number of hydrogen-bond donors (Lipinski definition) is 2. The van der Waals surface area contributed by atoms with Gasteiger partial charge in [0.15, 0.2) is 0 Å². The van der Waals surface area contributed by atoms with E-state index in [-0.39, 0.29) is 0 Å². The molecule has 0 unspecified atom stereocenters. The first kappa shape index (κ1) is 18.0. The number of benzene rings is 2. The average Bonchev–Trinajstić information content (AvgIpc) is 2.66. The zero-order valence-corrected chi connectivity index (χ0v) is 15.3. The Kier molecular flexibility index (Phi) is 6.28. The van der Waals surface area contributed by atoms with Crippen LogP contribution in [0.3, 0.4) is 0 Å². The Morgan fingerprint density at radius 1 is 1.00 bits per heavy atom. The predicted octanol–water partition coefficient (Wildman–Crippen LogP) is 4.93. The van der Waals surface area contributed by atoms with E-state index in [1.54, 1.807) is 6.20 Å². The largest absolute Gasteiger partial charge is 0.494 e. The molecule has 1 aromatic heterocycles. The summed E-state index contributed by atoms with van der Waals surface area (Å²) in [7, 11) is 0. The Hall–Kier alpha value is -2.79. The Morgan fingerprint density at radius 2 is 1.77 bits per heavy atom. The molecule has 26 heavy (non-hydrogen) atoms. The molecular formula is C20H21ClN4O. The van der Waals surface area contributed by atoms with Crippen LogP contribution in [-0.2, 0) is 6.42 Å². The zero-order chi connectivity index (χ0) is 18.2. The van der Waals surface area contributed by atoms with E-state index in [1.165, 1.54) is 5.56 Å². The molecule has 0 atom stereocenters. The third-order valence-corrected chi connectivity index (χ3v) is 3.96. The lowest BCUT2D eigenvalue weighted by atomic mass is 10.1. The zero-order valence-electron chi connectivity index (χ0n) is 14.6. The number of ether oxygens (including phenoxy) is 1. The fraction of sp³-hybridized carbons (Fsp3) is 0.200. The molecule has 3 aromatic rings. The van der Waals surface area contributed by atoms with Crippen molar-refractivity contribution in [1.29, 1.82) is 0 Å². The van der Waals surface area contributed by atoms with Gasteiger partial charge < -0.3 is 15.4 Å². The summed E-state index contributed by atoms with van der Waals surface area (Å²) in [5, 5.41) is 7.26. The normalized spacial score (nSPS) is 10.4. The first-order valence-electron chi connectivity index (χ1n) is 8.54. The first-order chi connectivity index (χ1) is 12.7. The molecule has 0 amide bonds. The monoisotopic (exact) mass is 368 g/mol. The van der Waals surface area contributed by atoms with Crippen LogP contribution in [0.5, 0.6) is 5.75 Å². The molecule has 0 aliphatic rings. The Morgan fingerprint density at radius 3 is 2.50 bits per heavy atom. The van der Waals surface area contributed by atoms with Gasteiger partial charge in [0.25, 0.3) is 0 Å². The van der Waals surface area contributed by atoms with E-state index in [4.69, 9.17) is 16.3 Å². The fourth-order valence-electron chi connectivity index (χ4n) is 2.43. The van der Waals surface area contributed by atoms with Crippen molar-refractivity contribution in [2.24, 2.45) is 0 Å². The minimum Gasteiger partial charge on any atom is -0.494 e. The number of rotatable bonds is 8. The van der Waals surface area contributed by atoms with E-state index in [9.17, 15) is 0 Å². The lowest BCUT2D eigenvalue weighted by molar-refractivity contribution is 0.340. The van der Waals surface area contributed by atoms with Gasteiger partial charge in [-0.2, -0.15) is 4.98 Å². The van der Waals surface area contributed by atoms with Crippen molar-refractivity contribution in [2.45, 2.75) is 13.3 Å². The third-order valence-electron chi connectivity index (χ3n) is 3.71. The molecule has 0 aliphatic heterocycles. The lowest BCUT2D eigenvalue weighted by Crippen LogP contribution is -2.07. The van der Waals surface area contributed by atoms with Crippen LogP contribution in [0.4, 0.5) is 17.5 Å². The minimum atomic E-state index is 0.547. The summed E-state index contributed by atoms with van der Waals surface area (Å²) in [6, 6.07) is 17.4. The van der Waals surface area contributed by atoms with Crippen molar-refractivity contribution in [3.05, 3.63) is 71.4 Å². The maximum Gasteiger partial charge on any atom is 0.229 e. The third kappa shape index (κ3) is 5.36.